The lowest BCUT2D eigenvalue weighted by molar-refractivity contribution is -0.101. The second-order valence-corrected chi connectivity index (χ2v) is 7.90. The Morgan fingerprint density at radius 2 is 1.88 bits per heavy atom. The van der Waals surface area contributed by atoms with E-state index in [0.717, 1.165) is 28.8 Å². The molecule has 26 heavy (non-hydrogen) atoms. The van der Waals surface area contributed by atoms with Gasteiger partial charge in [-0.15, -0.1) is 0 Å². The molecule has 6 heteroatoms. The number of hydrogen-bond acceptors (Lipinski definition) is 6. The van der Waals surface area contributed by atoms with Gasteiger partial charge in [-0.1, -0.05) is 54.2 Å². The number of para-hydroxylation sites is 1. The summed E-state index contributed by atoms with van der Waals surface area (Å²) in [6, 6.07) is 16.2. The highest BCUT2D eigenvalue weighted by atomic mass is 32.2. The van der Waals surface area contributed by atoms with E-state index in [-0.39, 0.29) is 25.2 Å². The Bertz CT molecular complexity index is 887. The standard InChI is InChI=1S/C20H20N2O3S/c23-10-16-18-15-7-3-4-8-17(15)25-20(16,12-24)21-19-22(18)9-13-5-1-2-6-14(13)11-26-19/h1-8,16,18,23-24H,9-12H2/t16-,18-,20-/m1/s1. The van der Waals surface area contributed by atoms with Crippen molar-refractivity contribution in [3.63, 3.8) is 0 Å². The maximum absolute atomic E-state index is 10.2. The molecule has 0 aliphatic carbocycles. The predicted octanol–water partition coefficient (Wildman–Crippen LogP) is 2.54. The number of nitrogens with zero attached hydrogens (tertiary/aromatic N) is 2. The Balaban J connectivity index is 1.70. The van der Waals surface area contributed by atoms with Crippen LogP contribution in [0, 0.1) is 5.92 Å². The van der Waals surface area contributed by atoms with Crippen LogP contribution in [0.25, 0.3) is 0 Å². The second-order valence-electron chi connectivity index (χ2n) is 6.96. The van der Waals surface area contributed by atoms with Crippen molar-refractivity contribution < 1.29 is 14.9 Å². The second kappa shape index (κ2) is 6.01. The van der Waals surface area contributed by atoms with Gasteiger partial charge in [0, 0.05) is 17.9 Å². The number of thioether (sulfide) groups is 1. The molecule has 134 valence electrons. The topological polar surface area (TPSA) is 65.3 Å². The predicted molar refractivity (Wildman–Crippen MR) is 101 cm³/mol. The van der Waals surface area contributed by atoms with Crippen LogP contribution in [0.2, 0.25) is 0 Å². The van der Waals surface area contributed by atoms with Crippen LogP contribution in [0.15, 0.2) is 53.5 Å². The van der Waals surface area contributed by atoms with Crippen LogP contribution < -0.4 is 4.74 Å². The van der Waals surface area contributed by atoms with E-state index in [9.17, 15) is 10.2 Å². The van der Waals surface area contributed by atoms with E-state index < -0.39 is 5.72 Å². The van der Waals surface area contributed by atoms with Crippen molar-refractivity contribution in [3.8, 4) is 5.75 Å². The van der Waals surface area contributed by atoms with Gasteiger partial charge in [0.25, 0.3) is 0 Å². The van der Waals surface area contributed by atoms with Crippen molar-refractivity contribution in [3.05, 3.63) is 65.2 Å². The highest BCUT2D eigenvalue weighted by molar-refractivity contribution is 8.13. The first kappa shape index (κ1) is 16.2. The third kappa shape index (κ3) is 2.22. The Hall–Kier alpha value is -2.02. The van der Waals surface area contributed by atoms with Gasteiger partial charge in [0.1, 0.15) is 12.4 Å². The lowest BCUT2D eigenvalue weighted by Crippen LogP contribution is -2.60. The van der Waals surface area contributed by atoms with Gasteiger partial charge in [0.15, 0.2) is 5.17 Å². The van der Waals surface area contributed by atoms with Gasteiger partial charge in [-0.3, -0.25) is 0 Å². The number of aliphatic imine (C=N–C) groups is 1. The monoisotopic (exact) mass is 368 g/mol. The molecule has 5 nitrogen and oxygen atoms in total. The molecule has 0 spiro atoms. The van der Waals surface area contributed by atoms with E-state index in [1.54, 1.807) is 11.8 Å². The maximum Gasteiger partial charge on any atom is 0.232 e. The van der Waals surface area contributed by atoms with Gasteiger partial charge >= 0.3 is 0 Å². The molecule has 2 N–H and O–H groups in total. The van der Waals surface area contributed by atoms with Crippen LogP contribution in [0.5, 0.6) is 5.75 Å². The summed E-state index contributed by atoms with van der Waals surface area (Å²) < 4.78 is 6.17. The fraction of sp³-hybridized carbons (Fsp3) is 0.350. The Morgan fingerprint density at radius 1 is 1.12 bits per heavy atom. The fourth-order valence-electron chi connectivity index (χ4n) is 4.27. The fourth-order valence-corrected chi connectivity index (χ4v) is 5.40. The molecule has 2 bridgehead atoms. The van der Waals surface area contributed by atoms with E-state index in [1.165, 1.54) is 11.1 Å². The molecule has 0 unspecified atom stereocenters. The summed E-state index contributed by atoms with van der Waals surface area (Å²) in [5.41, 5.74) is 2.51. The summed E-state index contributed by atoms with van der Waals surface area (Å²) in [7, 11) is 0. The normalized spacial score (nSPS) is 28.8. The average Bonchev–Trinajstić information content (AvgIpc) is 2.86. The van der Waals surface area contributed by atoms with Crippen molar-refractivity contribution in [2.75, 3.05) is 13.2 Å². The summed E-state index contributed by atoms with van der Waals surface area (Å²) >= 11 is 1.67. The van der Waals surface area contributed by atoms with Crippen LogP contribution in [0.1, 0.15) is 22.7 Å². The van der Waals surface area contributed by atoms with E-state index in [1.807, 2.05) is 24.3 Å². The molecule has 5 rings (SSSR count). The first-order valence-corrected chi connectivity index (χ1v) is 9.80. The molecule has 0 amide bonds. The Labute approximate surface area is 156 Å². The van der Waals surface area contributed by atoms with Gasteiger partial charge < -0.3 is 19.8 Å². The number of hydrogen-bond donors (Lipinski definition) is 2. The molecule has 3 heterocycles. The molecular formula is C20H20N2O3S. The van der Waals surface area contributed by atoms with Crippen molar-refractivity contribution in [1.29, 1.82) is 0 Å². The average molecular weight is 368 g/mol. The number of benzene rings is 2. The van der Waals surface area contributed by atoms with Gasteiger partial charge in [-0.05, 0) is 17.2 Å². The number of fused-ring (bicyclic) bond motifs is 7. The van der Waals surface area contributed by atoms with E-state index in [4.69, 9.17) is 9.73 Å². The van der Waals surface area contributed by atoms with Crippen LogP contribution in [0.4, 0.5) is 0 Å². The van der Waals surface area contributed by atoms with Crippen molar-refractivity contribution in [2.24, 2.45) is 10.9 Å². The van der Waals surface area contributed by atoms with Crippen molar-refractivity contribution >= 4 is 16.9 Å². The highest BCUT2D eigenvalue weighted by Gasteiger charge is 2.55. The summed E-state index contributed by atoms with van der Waals surface area (Å²) in [5, 5.41) is 21.2. The van der Waals surface area contributed by atoms with Gasteiger partial charge in [-0.25, -0.2) is 4.99 Å². The van der Waals surface area contributed by atoms with Crippen LogP contribution in [0.3, 0.4) is 0 Å². The SMILES string of the molecule is OC[C@@H]1[C@H]2c3ccccc3O[C@@]1(CO)N=C1SCc3ccccc3CN12. The first-order valence-electron chi connectivity index (χ1n) is 8.81. The zero-order chi connectivity index (χ0) is 17.7. The number of amidine groups is 1. The summed E-state index contributed by atoms with van der Waals surface area (Å²) in [6.07, 6.45) is 0. The molecule has 3 aliphatic rings. The molecular weight excluding hydrogens is 348 g/mol. The first-order chi connectivity index (χ1) is 12.8. The molecule has 0 fully saturated rings. The lowest BCUT2D eigenvalue weighted by atomic mass is 9.80. The van der Waals surface area contributed by atoms with E-state index >= 15 is 0 Å². The molecule has 3 aliphatic heterocycles. The zero-order valence-electron chi connectivity index (χ0n) is 14.2. The smallest absolute Gasteiger partial charge is 0.232 e. The molecule has 0 aromatic heterocycles. The zero-order valence-corrected chi connectivity index (χ0v) is 15.0. The molecule has 0 saturated carbocycles. The molecule has 3 atom stereocenters. The third-order valence-electron chi connectivity index (χ3n) is 5.59. The highest BCUT2D eigenvalue weighted by Crippen LogP contribution is 2.52. The lowest BCUT2D eigenvalue weighted by Gasteiger charge is -2.52. The summed E-state index contributed by atoms with van der Waals surface area (Å²) in [4.78, 5) is 7.11. The van der Waals surface area contributed by atoms with Gasteiger partial charge in [0.05, 0.1) is 18.6 Å². The Kier molecular flexibility index (Phi) is 3.74. The Morgan fingerprint density at radius 3 is 2.69 bits per heavy atom. The maximum atomic E-state index is 10.2. The molecule has 2 aromatic carbocycles. The van der Waals surface area contributed by atoms with E-state index in [2.05, 4.69) is 29.2 Å². The molecule has 0 radical (unpaired) electrons. The molecule has 0 saturated heterocycles. The quantitative estimate of drug-likeness (QED) is 0.853. The van der Waals surface area contributed by atoms with Crippen LogP contribution in [-0.4, -0.2) is 39.2 Å². The minimum absolute atomic E-state index is 0.0803. The molecule has 2 aromatic rings. The minimum Gasteiger partial charge on any atom is -0.463 e. The number of rotatable bonds is 2. The van der Waals surface area contributed by atoms with E-state index in [0.29, 0.717) is 0 Å². The summed E-state index contributed by atoms with van der Waals surface area (Å²) in [5.74, 6) is 1.25. The summed E-state index contributed by atoms with van der Waals surface area (Å²) in [6.45, 7) is 0.381. The number of aliphatic hydroxyl groups is 2. The van der Waals surface area contributed by atoms with Crippen molar-refractivity contribution in [1.82, 2.24) is 4.90 Å². The van der Waals surface area contributed by atoms with Gasteiger partial charge in [-0.2, -0.15) is 0 Å². The van der Waals surface area contributed by atoms with Crippen LogP contribution in [-0.2, 0) is 12.3 Å². The van der Waals surface area contributed by atoms with Gasteiger partial charge in [0.2, 0.25) is 5.72 Å². The minimum atomic E-state index is -1.12. The number of aliphatic hydroxyl groups excluding tert-OH is 2. The number of ether oxygens (including phenoxy) is 1. The largest absolute Gasteiger partial charge is 0.463 e. The van der Waals surface area contributed by atoms with Crippen LogP contribution >= 0.6 is 11.8 Å². The van der Waals surface area contributed by atoms with Crippen molar-refractivity contribution in [2.45, 2.75) is 24.1 Å². The third-order valence-corrected chi connectivity index (χ3v) is 6.63.